The van der Waals surface area contributed by atoms with E-state index in [0.29, 0.717) is 13.0 Å². The molecule has 0 aliphatic rings. The van der Waals surface area contributed by atoms with Gasteiger partial charge in [-0.1, -0.05) is 25.0 Å². The highest BCUT2D eigenvalue weighted by molar-refractivity contribution is 5.75. The molecule has 0 aliphatic carbocycles. The van der Waals surface area contributed by atoms with E-state index in [2.05, 4.69) is 22.6 Å². The molecule has 0 aliphatic heterocycles. The summed E-state index contributed by atoms with van der Waals surface area (Å²) in [7, 11) is 1.81. The van der Waals surface area contributed by atoms with Crippen LogP contribution in [0.15, 0.2) is 6.20 Å². The van der Waals surface area contributed by atoms with Gasteiger partial charge in [-0.05, 0) is 6.42 Å². The summed E-state index contributed by atoms with van der Waals surface area (Å²) in [6, 6.07) is 0. The summed E-state index contributed by atoms with van der Waals surface area (Å²) in [4.78, 5) is 11.4. The normalized spacial score (nSPS) is 10.3. The Morgan fingerprint density at radius 3 is 2.93 bits per heavy atom. The van der Waals surface area contributed by atoms with Crippen LogP contribution in [0.2, 0.25) is 0 Å². The molecule has 0 fully saturated rings. The zero-order valence-corrected chi connectivity index (χ0v) is 9.36. The lowest BCUT2D eigenvalue weighted by atomic mass is 10.2. The number of aryl methyl sites for hydroxylation is 1. The number of rotatable bonds is 6. The van der Waals surface area contributed by atoms with Crippen LogP contribution in [0, 0.1) is 0 Å². The van der Waals surface area contributed by atoms with Crippen molar-refractivity contribution in [2.24, 2.45) is 7.05 Å². The van der Waals surface area contributed by atoms with Gasteiger partial charge in [0.2, 0.25) is 5.91 Å². The minimum Gasteiger partial charge on any atom is -0.350 e. The van der Waals surface area contributed by atoms with Gasteiger partial charge in [0.25, 0.3) is 0 Å². The summed E-state index contributed by atoms with van der Waals surface area (Å²) >= 11 is 0. The van der Waals surface area contributed by atoms with Gasteiger partial charge in [-0.15, -0.1) is 5.10 Å². The molecule has 5 nitrogen and oxygen atoms in total. The van der Waals surface area contributed by atoms with Crippen LogP contribution in [0.3, 0.4) is 0 Å². The van der Waals surface area contributed by atoms with E-state index < -0.39 is 0 Å². The van der Waals surface area contributed by atoms with Crippen LogP contribution in [0.25, 0.3) is 0 Å². The second-order valence-corrected chi connectivity index (χ2v) is 3.58. The first-order chi connectivity index (χ1) is 7.24. The Balaban J connectivity index is 2.20. The average molecular weight is 210 g/mol. The molecule has 0 saturated carbocycles. The molecule has 1 N–H and O–H groups in total. The second-order valence-electron chi connectivity index (χ2n) is 3.58. The first-order valence-corrected chi connectivity index (χ1v) is 5.34. The third kappa shape index (κ3) is 4.10. The van der Waals surface area contributed by atoms with E-state index in [4.69, 9.17) is 0 Å². The van der Waals surface area contributed by atoms with Crippen molar-refractivity contribution in [1.82, 2.24) is 20.3 Å². The maximum atomic E-state index is 11.4. The zero-order valence-electron chi connectivity index (χ0n) is 9.36. The van der Waals surface area contributed by atoms with Gasteiger partial charge >= 0.3 is 0 Å². The molecule has 0 unspecified atom stereocenters. The molecule has 0 saturated heterocycles. The van der Waals surface area contributed by atoms with Crippen LogP contribution in [0.5, 0.6) is 0 Å². The Hall–Kier alpha value is -1.39. The Bertz CT molecular complexity index is 308. The smallest absolute Gasteiger partial charge is 0.220 e. The number of unbranched alkanes of at least 4 members (excludes halogenated alkanes) is 2. The van der Waals surface area contributed by atoms with Crippen LogP contribution in [-0.4, -0.2) is 20.9 Å². The molecule has 1 rings (SSSR count). The van der Waals surface area contributed by atoms with Crippen LogP contribution in [0.1, 0.15) is 38.3 Å². The number of carbonyl (C=O) groups excluding carboxylic acids is 1. The van der Waals surface area contributed by atoms with Gasteiger partial charge < -0.3 is 5.32 Å². The van der Waals surface area contributed by atoms with Crippen molar-refractivity contribution >= 4 is 5.91 Å². The summed E-state index contributed by atoms with van der Waals surface area (Å²) in [6.45, 7) is 2.63. The molecule has 15 heavy (non-hydrogen) atoms. The molecule has 1 aromatic rings. The lowest BCUT2D eigenvalue weighted by Crippen LogP contribution is -2.23. The van der Waals surface area contributed by atoms with Gasteiger partial charge in [-0.2, -0.15) is 0 Å². The third-order valence-electron chi connectivity index (χ3n) is 2.28. The van der Waals surface area contributed by atoms with Gasteiger partial charge in [0.15, 0.2) is 0 Å². The monoisotopic (exact) mass is 210 g/mol. The summed E-state index contributed by atoms with van der Waals surface area (Å²) in [5, 5.41) is 10.4. The highest BCUT2D eigenvalue weighted by atomic mass is 16.1. The molecule has 84 valence electrons. The molecule has 5 heteroatoms. The number of carbonyl (C=O) groups is 1. The lowest BCUT2D eigenvalue weighted by molar-refractivity contribution is -0.121. The Morgan fingerprint density at radius 1 is 1.53 bits per heavy atom. The average Bonchev–Trinajstić information content (AvgIpc) is 2.61. The van der Waals surface area contributed by atoms with E-state index in [1.54, 1.807) is 10.9 Å². The van der Waals surface area contributed by atoms with Gasteiger partial charge in [-0.25, -0.2) is 0 Å². The van der Waals surface area contributed by atoms with E-state index in [-0.39, 0.29) is 5.91 Å². The fourth-order valence-corrected chi connectivity index (χ4v) is 1.28. The van der Waals surface area contributed by atoms with Crippen LogP contribution in [-0.2, 0) is 18.4 Å². The SMILES string of the molecule is CCCCCC(=O)NCc1cnnn1C. The fourth-order valence-electron chi connectivity index (χ4n) is 1.28. The highest BCUT2D eigenvalue weighted by Crippen LogP contribution is 1.99. The first kappa shape index (κ1) is 11.7. The topological polar surface area (TPSA) is 59.8 Å². The van der Waals surface area contributed by atoms with Gasteiger partial charge in [-0.3, -0.25) is 9.48 Å². The van der Waals surface area contributed by atoms with E-state index in [9.17, 15) is 4.79 Å². The molecular formula is C10H18N4O. The molecule has 0 radical (unpaired) electrons. The standard InChI is InChI=1S/C10H18N4O/c1-3-4-5-6-10(15)11-7-9-8-12-13-14(9)2/h8H,3-7H2,1-2H3,(H,11,15). The molecule has 0 spiro atoms. The van der Waals surface area contributed by atoms with E-state index >= 15 is 0 Å². The van der Waals surface area contributed by atoms with E-state index in [1.807, 2.05) is 7.05 Å². The van der Waals surface area contributed by atoms with E-state index in [0.717, 1.165) is 25.0 Å². The first-order valence-electron chi connectivity index (χ1n) is 5.34. The summed E-state index contributed by atoms with van der Waals surface area (Å²) < 4.78 is 1.66. The number of amides is 1. The fraction of sp³-hybridized carbons (Fsp3) is 0.700. The number of hydrogen-bond donors (Lipinski definition) is 1. The molecule has 0 aromatic carbocycles. The van der Waals surface area contributed by atoms with Gasteiger partial charge in [0.05, 0.1) is 18.4 Å². The van der Waals surface area contributed by atoms with Crippen molar-refractivity contribution in [3.8, 4) is 0 Å². The van der Waals surface area contributed by atoms with Crippen LogP contribution in [0.4, 0.5) is 0 Å². The van der Waals surface area contributed by atoms with Crippen LogP contribution < -0.4 is 5.32 Å². The van der Waals surface area contributed by atoms with Crippen molar-refractivity contribution in [3.63, 3.8) is 0 Å². The Labute approximate surface area is 89.9 Å². The van der Waals surface area contributed by atoms with Crippen molar-refractivity contribution in [3.05, 3.63) is 11.9 Å². The number of aromatic nitrogens is 3. The highest BCUT2D eigenvalue weighted by Gasteiger charge is 2.03. The lowest BCUT2D eigenvalue weighted by Gasteiger charge is -2.04. The maximum Gasteiger partial charge on any atom is 0.220 e. The summed E-state index contributed by atoms with van der Waals surface area (Å²) in [5.41, 5.74) is 0.916. The van der Waals surface area contributed by atoms with E-state index in [1.165, 1.54) is 0 Å². The number of nitrogens with one attached hydrogen (secondary N) is 1. The zero-order chi connectivity index (χ0) is 11.1. The molecule has 0 atom stereocenters. The number of hydrogen-bond acceptors (Lipinski definition) is 3. The minimum absolute atomic E-state index is 0.102. The molecule has 0 bridgehead atoms. The van der Waals surface area contributed by atoms with Crippen molar-refractivity contribution in [1.29, 1.82) is 0 Å². The Kier molecular flexibility index (Phi) is 4.80. The van der Waals surface area contributed by atoms with Crippen molar-refractivity contribution < 1.29 is 4.79 Å². The van der Waals surface area contributed by atoms with Gasteiger partial charge in [0, 0.05) is 13.5 Å². The molecular weight excluding hydrogens is 192 g/mol. The minimum atomic E-state index is 0.102. The third-order valence-corrected chi connectivity index (χ3v) is 2.28. The Morgan fingerprint density at radius 2 is 2.33 bits per heavy atom. The largest absolute Gasteiger partial charge is 0.350 e. The summed E-state index contributed by atoms with van der Waals surface area (Å²) in [5.74, 6) is 0.102. The number of nitrogens with zero attached hydrogens (tertiary/aromatic N) is 3. The van der Waals surface area contributed by atoms with Crippen molar-refractivity contribution in [2.75, 3.05) is 0 Å². The quantitative estimate of drug-likeness (QED) is 0.713. The predicted molar refractivity (Wildman–Crippen MR) is 57.0 cm³/mol. The molecule has 1 heterocycles. The maximum absolute atomic E-state index is 11.4. The second kappa shape index (κ2) is 6.16. The summed E-state index contributed by atoms with van der Waals surface area (Å²) in [6.07, 6.45) is 5.48. The van der Waals surface area contributed by atoms with Gasteiger partial charge in [0.1, 0.15) is 0 Å². The van der Waals surface area contributed by atoms with Crippen molar-refractivity contribution in [2.45, 2.75) is 39.2 Å². The van der Waals surface area contributed by atoms with Crippen LogP contribution >= 0.6 is 0 Å². The predicted octanol–water partition coefficient (Wildman–Crippen LogP) is 1.01. The molecule has 1 aromatic heterocycles. The molecule has 1 amide bonds.